The smallest absolute Gasteiger partial charge is 0.416 e. The molecular weight excluding hydrogens is 439 g/mol. The van der Waals surface area contributed by atoms with Crippen LogP contribution in [-0.2, 0) is 11.0 Å². The second-order valence-corrected chi connectivity index (χ2v) is 7.33. The summed E-state index contributed by atoms with van der Waals surface area (Å²) in [7, 11) is 0. The molecule has 2 aliphatic rings. The first-order valence-electron chi connectivity index (χ1n) is 9.35. The van der Waals surface area contributed by atoms with E-state index >= 15 is 0 Å². The Bertz CT molecular complexity index is 1030. The van der Waals surface area contributed by atoms with Crippen LogP contribution in [0.2, 0.25) is 5.02 Å². The molecule has 11 heteroatoms. The molecule has 2 aromatic carbocycles. The van der Waals surface area contributed by atoms with Crippen LogP contribution in [-0.4, -0.2) is 49.7 Å². The zero-order chi connectivity index (χ0) is 22.2. The van der Waals surface area contributed by atoms with Crippen LogP contribution in [0.25, 0.3) is 0 Å². The number of alkyl halides is 3. The van der Waals surface area contributed by atoms with Gasteiger partial charge in [-0.3, -0.25) is 9.69 Å². The Morgan fingerprint density at radius 2 is 1.81 bits per heavy atom. The first-order valence-corrected chi connectivity index (χ1v) is 9.73. The van der Waals surface area contributed by atoms with Crippen LogP contribution in [0.15, 0.2) is 36.4 Å². The maximum atomic E-state index is 12.9. The Labute approximate surface area is 180 Å². The fourth-order valence-corrected chi connectivity index (χ4v) is 3.49. The third-order valence-electron chi connectivity index (χ3n) is 4.83. The van der Waals surface area contributed by atoms with E-state index in [4.69, 9.17) is 21.1 Å². The first-order chi connectivity index (χ1) is 14.7. The van der Waals surface area contributed by atoms with E-state index in [0.717, 1.165) is 18.2 Å². The number of benzene rings is 2. The van der Waals surface area contributed by atoms with Crippen LogP contribution in [0.3, 0.4) is 0 Å². The fourth-order valence-electron chi connectivity index (χ4n) is 3.33. The molecule has 1 fully saturated rings. The van der Waals surface area contributed by atoms with Crippen molar-refractivity contribution in [1.29, 1.82) is 0 Å². The van der Waals surface area contributed by atoms with E-state index < -0.39 is 23.7 Å². The normalized spacial score (nSPS) is 15.9. The highest BCUT2D eigenvalue weighted by atomic mass is 35.5. The average molecular weight is 456 g/mol. The summed E-state index contributed by atoms with van der Waals surface area (Å²) in [5, 5.41) is 2.31. The molecule has 164 valence electrons. The van der Waals surface area contributed by atoms with Crippen LogP contribution >= 0.6 is 11.6 Å². The minimum atomic E-state index is -4.57. The van der Waals surface area contributed by atoms with Crippen molar-refractivity contribution in [2.24, 2.45) is 0 Å². The number of hydrogen-bond acceptors (Lipinski definition) is 4. The number of anilines is 2. The van der Waals surface area contributed by atoms with Gasteiger partial charge in [-0.2, -0.15) is 13.2 Å². The number of hydrogen-bond donors (Lipinski definition) is 1. The van der Waals surface area contributed by atoms with Crippen LogP contribution in [0.1, 0.15) is 5.56 Å². The van der Waals surface area contributed by atoms with Crippen LogP contribution < -0.4 is 19.7 Å². The lowest BCUT2D eigenvalue weighted by Crippen LogP contribution is -2.37. The van der Waals surface area contributed by atoms with Gasteiger partial charge in [0, 0.05) is 24.8 Å². The Morgan fingerprint density at radius 3 is 2.55 bits per heavy atom. The molecule has 2 heterocycles. The third-order valence-corrected chi connectivity index (χ3v) is 5.16. The molecule has 0 bridgehead atoms. The average Bonchev–Trinajstić information content (AvgIpc) is 3.08. The summed E-state index contributed by atoms with van der Waals surface area (Å²) in [5.74, 6) is 0.473. The van der Waals surface area contributed by atoms with Gasteiger partial charge in [0.25, 0.3) is 0 Å². The lowest BCUT2D eigenvalue weighted by Gasteiger charge is -2.22. The number of rotatable bonds is 4. The Kier molecular flexibility index (Phi) is 5.57. The molecule has 7 nitrogen and oxygen atoms in total. The minimum absolute atomic E-state index is 0.0352. The van der Waals surface area contributed by atoms with E-state index in [1.807, 2.05) is 0 Å². The van der Waals surface area contributed by atoms with Crippen molar-refractivity contribution in [3.63, 3.8) is 0 Å². The zero-order valence-electron chi connectivity index (χ0n) is 16.0. The molecule has 1 saturated heterocycles. The second kappa shape index (κ2) is 8.18. The maximum absolute atomic E-state index is 12.9. The Hall–Kier alpha value is -3.14. The van der Waals surface area contributed by atoms with Gasteiger partial charge >= 0.3 is 12.2 Å². The van der Waals surface area contributed by atoms with Gasteiger partial charge < -0.3 is 19.7 Å². The number of halogens is 4. The van der Waals surface area contributed by atoms with E-state index in [9.17, 15) is 22.8 Å². The van der Waals surface area contributed by atoms with Gasteiger partial charge in [0.1, 0.15) is 19.8 Å². The molecular formula is C20H17ClF3N3O4. The summed E-state index contributed by atoms with van der Waals surface area (Å²) in [6.45, 7) is 1.15. The second-order valence-electron chi connectivity index (χ2n) is 6.92. The highest BCUT2D eigenvalue weighted by Crippen LogP contribution is 2.35. The summed E-state index contributed by atoms with van der Waals surface area (Å²) < 4.78 is 49.7. The van der Waals surface area contributed by atoms with Crippen molar-refractivity contribution in [3.8, 4) is 11.5 Å². The number of carbonyl (C=O) groups is 2. The van der Waals surface area contributed by atoms with Gasteiger partial charge in [-0.1, -0.05) is 11.6 Å². The summed E-state index contributed by atoms with van der Waals surface area (Å²) in [5.41, 5.74) is -0.510. The van der Waals surface area contributed by atoms with Crippen molar-refractivity contribution in [1.82, 2.24) is 4.90 Å². The molecule has 2 aromatic rings. The number of ether oxygens (including phenoxy) is 2. The third kappa shape index (κ3) is 4.48. The fraction of sp³-hybridized carbons (Fsp3) is 0.300. The van der Waals surface area contributed by atoms with E-state index in [0.29, 0.717) is 36.9 Å². The zero-order valence-corrected chi connectivity index (χ0v) is 16.8. The van der Waals surface area contributed by atoms with Gasteiger partial charge in [0.2, 0.25) is 5.91 Å². The van der Waals surface area contributed by atoms with Gasteiger partial charge in [0.15, 0.2) is 11.5 Å². The van der Waals surface area contributed by atoms with Gasteiger partial charge in [0.05, 0.1) is 16.3 Å². The molecule has 0 unspecified atom stereocenters. The molecule has 0 spiro atoms. The molecule has 1 N–H and O–H groups in total. The molecule has 2 aliphatic heterocycles. The quantitative estimate of drug-likeness (QED) is 0.756. The number of fused-ring (bicyclic) bond motifs is 1. The summed E-state index contributed by atoms with van der Waals surface area (Å²) >= 11 is 5.90. The monoisotopic (exact) mass is 455 g/mol. The molecule has 0 radical (unpaired) electrons. The highest BCUT2D eigenvalue weighted by Gasteiger charge is 2.33. The number of nitrogens with one attached hydrogen (secondary N) is 1. The molecule has 0 saturated carbocycles. The maximum Gasteiger partial charge on any atom is 0.416 e. The Balaban J connectivity index is 1.42. The number of urea groups is 1. The van der Waals surface area contributed by atoms with Crippen LogP contribution in [0, 0.1) is 0 Å². The van der Waals surface area contributed by atoms with E-state index in [1.54, 1.807) is 18.2 Å². The number of amides is 3. The molecule has 3 amide bonds. The predicted molar refractivity (Wildman–Crippen MR) is 107 cm³/mol. The summed E-state index contributed by atoms with van der Waals surface area (Å²) in [4.78, 5) is 27.9. The predicted octanol–water partition coefficient (Wildman–Crippen LogP) is 4.01. The molecule has 0 aliphatic carbocycles. The number of nitrogens with zero attached hydrogens (tertiary/aromatic N) is 2. The van der Waals surface area contributed by atoms with E-state index in [1.165, 1.54) is 9.80 Å². The molecule has 4 rings (SSSR count). The molecule has 0 atom stereocenters. The first kappa shape index (κ1) is 21.1. The van der Waals surface area contributed by atoms with Crippen molar-refractivity contribution in [2.75, 3.05) is 43.1 Å². The highest BCUT2D eigenvalue weighted by molar-refractivity contribution is 6.33. The summed E-state index contributed by atoms with van der Waals surface area (Å²) in [6, 6.07) is 7.37. The van der Waals surface area contributed by atoms with E-state index in [-0.39, 0.29) is 23.8 Å². The molecule has 0 aromatic heterocycles. The van der Waals surface area contributed by atoms with Crippen molar-refractivity contribution >= 4 is 34.9 Å². The summed E-state index contributed by atoms with van der Waals surface area (Å²) in [6.07, 6.45) is -4.57. The van der Waals surface area contributed by atoms with Gasteiger partial charge in [-0.25, -0.2) is 4.79 Å². The van der Waals surface area contributed by atoms with Crippen molar-refractivity contribution in [2.45, 2.75) is 6.18 Å². The van der Waals surface area contributed by atoms with Gasteiger partial charge in [-0.15, -0.1) is 0 Å². The van der Waals surface area contributed by atoms with Crippen LogP contribution in [0.5, 0.6) is 11.5 Å². The number of carbonyl (C=O) groups excluding carboxylic acids is 2. The van der Waals surface area contributed by atoms with E-state index in [2.05, 4.69) is 5.32 Å². The van der Waals surface area contributed by atoms with Crippen molar-refractivity contribution in [3.05, 3.63) is 47.0 Å². The Morgan fingerprint density at radius 1 is 1.06 bits per heavy atom. The molecule has 31 heavy (non-hydrogen) atoms. The lowest BCUT2D eigenvalue weighted by atomic mass is 10.2. The standard InChI is InChI=1S/C20H17ClF3N3O4/c21-14-3-1-12(20(22,23)24)9-15(14)25-18(28)11-26-5-6-27(19(26)29)13-2-4-16-17(10-13)31-8-7-30-16/h1-4,9-10H,5-8,11H2,(H,25,28). The minimum Gasteiger partial charge on any atom is -0.486 e. The SMILES string of the molecule is O=C(CN1CCN(c2ccc3c(c2)OCCO3)C1=O)Nc1cc(C(F)(F)F)ccc1Cl. The van der Waals surface area contributed by atoms with Gasteiger partial charge in [-0.05, 0) is 30.3 Å². The largest absolute Gasteiger partial charge is 0.486 e. The van der Waals surface area contributed by atoms with Crippen molar-refractivity contribution < 1.29 is 32.2 Å². The van der Waals surface area contributed by atoms with Crippen LogP contribution in [0.4, 0.5) is 29.3 Å². The lowest BCUT2D eigenvalue weighted by molar-refractivity contribution is -0.137. The topological polar surface area (TPSA) is 71.1 Å².